The lowest BCUT2D eigenvalue weighted by molar-refractivity contribution is 0.0571. The number of nitrogens with one attached hydrogen (secondary N) is 1. The van der Waals surface area contributed by atoms with E-state index in [1.54, 1.807) is 7.11 Å². The van der Waals surface area contributed by atoms with Crippen molar-refractivity contribution in [3.8, 4) is 0 Å². The molecule has 0 aromatic carbocycles. The molecule has 19 heavy (non-hydrogen) atoms. The molecular weight excluding hydrogens is 240 g/mol. The molecule has 0 aromatic heterocycles. The third-order valence-corrected chi connectivity index (χ3v) is 3.39. The Hall–Kier alpha value is -0.160. The fourth-order valence-electron chi connectivity index (χ4n) is 2.11. The molecule has 0 aromatic rings. The Morgan fingerprint density at radius 1 is 0.947 bits per heavy atom. The summed E-state index contributed by atoms with van der Waals surface area (Å²) in [6.07, 6.45) is 11.9. The highest BCUT2D eigenvalue weighted by Gasteiger charge is 2.05. The van der Waals surface area contributed by atoms with E-state index in [1.165, 1.54) is 51.4 Å². The standard InChI is InChI=1S/C15H34N2O2/c1-3-4-5-6-7-8-9-10-11-15(17-16)14-19-13-12-18-2/h15,17H,3-14,16H2,1-2H3. The average molecular weight is 274 g/mol. The molecule has 0 saturated heterocycles. The van der Waals surface area contributed by atoms with Crippen molar-refractivity contribution in [1.82, 2.24) is 5.43 Å². The van der Waals surface area contributed by atoms with Gasteiger partial charge in [0, 0.05) is 13.2 Å². The first-order chi connectivity index (χ1) is 9.35. The molecule has 0 aliphatic rings. The number of unbranched alkanes of at least 4 members (excludes halogenated alkanes) is 7. The predicted octanol–water partition coefficient (Wildman–Crippen LogP) is 3.01. The van der Waals surface area contributed by atoms with E-state index in [0.717, 1.165) is 6.42 Å². The highest BCUT2D eigenvalue weighted by Crippen LogP contribution is 2.10. The van der Waals surface area contributed by atoms with Gasteiger partial charge in [-0.2, -0.15) is 0 Å². The second-order valence-corrected chi connectivity index (χ2v) is 5.19. The van der Waals surface area contributed by atoms with Crippen molar-refractivity contribution < 1.29 is 9.47 Å². The van der Waals surface area contributed by atoms with Crippen molar-refractivity contribution in [2.24, 2.45) is 5.84 Å². The van der Waals surface area contributed by atoms with Crippen LogP contribution in [0.4, 0.5) is 0 Å². The molecular formula is C15H34N2O2. The average Bonchev–Trinajstić information content (AvgIpc) is 2.44. The molecule has 0 amide bonds. The van der Waals surface area contributed by atoms with Crippen LogP contribution in [0.3, 0.4) is 0 Å². The van der Waals surface area contributed by atoms with Crippen molar-refractivity contribution in [2.75, 3.05) is 26.9 Å². The molecule has 0 aliphatic carbocycles. The van der Waals surface area contributed by atoms with Crippen molar-refractivity contribution >= 4 is 0 Å². The maximum absolute atomic E-state index is 5.52. The van der Waals surface area contributed by atoms with Gasteiger partial charge in [0.1, 0.15) is 0 Å². The SMILES string of the molecule is CCCCCCCCCCC(COCCOC)NN. The number of rotatable bonds is 15. The molecule has 3 N–H and O–H groups in total. The van der Waals surface area contributed by atoms with Gasteiger partial charge in [0.05, 0.1) is 19.8 Å². The Morgan fingerprint density at radius 2 is 1.58 bits per heavy atom. The quantitative estimate of drug-likeness (QED) is 0.274. The van der Waals surface area contributed by atoms with Crippen LogP contribution in [0.15, 0.2) is 0 Å². The van der Waals surface area contributed by atoms with Crippen LogP contribution in [-0.4, -0.2) is 33.0 Å². The summed E-state index contributed by atoms with van der Waals surface area (Å²) in [5.41, 5.74) is 2.83. The summed E-state index contributed by atoms with van der Waals surface area (Å²) >= 11 is 0. The first-order valence-electron chi connectivity index (χ1n) is 7.88. The third-order valence-electron chi connectivity index (χ3n) is 3.39. The largest absolute Gasteiger partial charge is 0.382 e. The van der Waals surface area contributed by atoms with Gasteiger partial charge in [-0.15, -0.1) is 0 Å². The summed E-state index contributed by atoms with van der Waals surface area (Å²) in [5, 5.41) is 0. The van der Waals surface area contributed by atoms with Crippen LogP contribution in [0.25, 0.3) is 0 Å². The van der Waals surface area contributed by atoms with Crippen LogP contribution < -0.4 is 11.3 Å². The number of hydrazine groups is 1. The number of hydrogen-bond acceptors (Lipinski definition) is 4. The summed E-state index contributed by atoms with van der Waals surface area (Å²) < 4.78 is 10.4. The van der Waals surface area contributed by atoms with E-state index in [9.17, 15) is 0 Å². The number of ether oxygens (including phenoxy) is 2. The maximum Gasteiger partial charge on any atom is 0.0701 e. The summed E-state index contributed by atoms with van der Waals surface area (Å²) in [7, 11) is 1.68. The first-order valence-corrected chi connectivity index (χ1v) is 7.88. The van der Waals surface area contributed by atoms with Gasteiger partial charge in [-0.1, -0.05) is 58.3 Å². The Bertz CT molecular complexity index is 168. The van der Waals surface area contributed by atoms with Gasteiger partial charge in [-0.05, 0) is 6.42 Å². The zero-order valence-electron chi connectivity index (χ0n) is 13.0. The topological polar surface area (TPSA) is 56.5 Å². The Kier molecular flexibility index (Phi) is 15.8. The molecule has 116 valence electrons. The zero-order valence-corrected chi connectivity index (χ0v) is 13.0. The van der Waals surface area contributed by atoms with E-state index in [1.807, 2.05) is 0 Å². The van der Waals surface area contributed by atoms with Gasteiger partial charge in [-0.3, -0.25) is 11.3 Å². The van der Waals surface area contributed by atoms with Crippen molar-refractivity contribution in [3.05, 3.63) is 0 Å². The third kappa shape index (κ3) is 14.1. The van der Waals surface area contributed by atoms with E-state index < -0.39 is 0 Å². The molecule has 1 unspecified atom stereocenters. The second kappa shape index (κ2) is 15.9. The van der Waals surface area contributed by atoms with Crippen molar-refractivity contribution in [2.45, 2.75) is 70.8 Å². The van der Waals surface area contributed by atoms with Gasteiger partial charge in [0.25, 0.3) is 0 Å². The second-order valence-electron chi connectivity index (χ2n) is 5.19. The van der Waals surface area contributed by atoms with Crippen LogP contribution >= 0.6 is 0 Å². The Morgan fingerprint density at radius 3 is 2.16 bits per heavy atom. The Labute approximate surface area is 119 Å². The smallest absolute Gasteiger partial charge is 0.0701 e. The zero-order chi connectivity index (χ0) is 14.2. The molecule has 0 spiro atoms. The molecule has 0 fully saturated rings. The molecule has 0 saturated carbocycles. The highest BCUT2D eigenvalue weighted by molar-refractivity contribution is 4.62. The summed E-state index contributed by atoms with van der Waals surface area (Å²) in [6.45, 7) is 4.23. The molecule has 4 heteroatoms. The fraction of sp³-hybridized carbons (Fsp3) is 1.00. The van der Waals surface area contributed by atoms with Crippen LogP contribution in [0, 0.1) is 0 Å². The van der Waals surface area contributed by atoms with Gasteiger partial charge >= 0.3 is 0 Å². The van der Waals surface area contributed by atoms with Gasteiger partial charge in [0.2, 0.25) is 0 Å². The molecule has 1 atom stereocenters. The summed E-state index contributed by atoms with van der Waals surface area (Å²) in [4.78, 5) is 0. The molecule has 0 radical (unpaired) electrons. The van der Waals surface area contributed by atoms with Crippen LogP contribution in [0.5, 0.6) is 0 Å². The fourth-order valence-corrected chi connectivity index (χ4v) is 2.11. The lowest BCUT2D eigenvalue weighted by Crippen LogP contribution is -2.38. The lowest BCUT2D eigenvalue weighted by atomic mass is 10.1. The lowest BCUT2D eigenvalue weighted by Gasteiger charge is -2.15. The molecule has 0 heterocycles. The van der Waals surface area contributed by atoms with Crippen molar-refractivity contribution in [1.29, 1.82) is 0 Å². The van der Waals surface area contributed by atoms with E-state index in [-0.39, 0.29) is 6.04 Å². The van der Waals surface area contributed by atoms with Gasteiger partial charge in [0.15, 0.2) is 0 Å². The maximum atomic E-state index is 5.52. The predicted molar refractivity (Wildman–Crippen MR) is 81.0 cm³/mol. The monoisotopic (exact) mass is 274 g/mol. The van der Waals surface area contributed by atoms with Crippen molar-refractivity contribution in [3.63, 3.8) is 0 Å². The highest BCUT2D eigenvalue weighted by atomic mass is 16.5. The minimum atomic E-state index is 0.275. The first kappa shape index (κ1) is 18.8. The number of hydrogen-bond donors (Lipinski definition) is 2. The Balaban J connectivity index is 3.26. The van der Waals surface area contributed by atoms with E-state index in [4.69, 9.17) is 15.3 Å². The van der Waals surface area contributed by atoms with E-state index >= 15 is 0 Å². The van der Waals surface area contributed by atoms with Gasteiger partial charge < -0.3 is 9.47 Å². The number of methoxy groups -OCH3 is 1. The van der Waals surface area contributed by atoms with Crippen LogP contribution in [-0.2, 0) is 9.47 Å². The van der Waals surface area contributed by atoms with E-state index in [0.29, 0.717) is 19.8 Å². The van der Waals surface area contributed by atoms with Gasteiger partial charge in [-0.25, -0.2) is 0 Å². The minimum Gasteiger partial charge on any atom is -0.382 e. The summed E-state index contributed by atoms with van der Waals surface area (Å²) in [6, 6.07) is 0.275. The molecule has 0 bridgehead atoms. The molecule has 0 rings (SSSR count). The summed E-state index contributed by atoms with van der Waals surface area (Å²) in [5.74, 6) is 5.52. The van der Waals surface area contributed by atoms with Crippen LogP contribution in [0.2, 0.25) is 0 Å². The normalized spacial score (nSPS) is 12.8. The molecule has 0 aliphatic heterocycles. The molecule has 4 nitrogen and oxygen atoms in total. The van der Waals surface area contributed by atoms with Crippen LogP contribution in [0.1, 0.15) is 64.7 Å². The van der Waals surface area contributed by atoms with E-state index in [2.05, 4.69) is 12.3 Å². The minimum absolute atomic E-state index is 0.275. The number of nitrogens with two attached hydrogens (primary N) is 1.